The molecule has 0 radical (unpaired) electrons. The number of anilines is 1. The van der Waals surface area contributed by atoms with E-state index in [0.29, 0.717) is 5.92 Å². The average molecular weight is 221 g/mol. The number of carbonyl (C=O) groups excluding carboxylic acids is 1. The number of rotatable bonds is 4. The quantitative estimate of drug-likeness (QED) is 0.683. The standard InChI is InChI=1S/C12H19N3O/c1-9(2)8-13-15-12(16)14-11-6-4-10(3)5-7-11/h4-7,9,13H,8H2,1-3H3,(H2,14,15,16). The minimum atomic E-state index is -0.246. The van der Waals surface area contributed by atoms with Gasteiger partial charge in [0.15, 0.2) is 0 Å². The molecule has 0 aliphatic carbocycles. The highest BCUT2D eigenvalue weighted by Gasteiger charge is 2.00. The van der Waals surface area contributed by atoms with E-state index in [1.807, 2.05) is 31.2 Å². The van der Waals surface area contributed by atoms with Gasteiger partial charge >= 0.3 is 6.03 Å². The fraction of sp³-hybridized carbons (Fsp3) is 0.417. The molecule has 0 spiro atoms. The number of hydrogen-bond donors (Lipinski definition) is 3. The molecule has 4 heteroatoms. The van der Waals surface area contributed by atoms with Crippen LogP contribution in [0.5, 0.6) is 0 Å². The fourth-order valence-corrected chi connectivity index (χ4v) is 1.13. The third-order valence-corrected chi connectivity index (χ3v) is 2.02. The number of aryl methyl sites for hydroxylation is 1. The lowest BCUT2D eigenvalue weighted by Gasteiger charge is -2.10. The number of amides is 2. The summed E-state index contributed by atoms with van der Waals surface area (Å²) in [5.74, 6) is 0.500. The van der Waals surface area contributed by atoms with E-state index in [9.17, 15) is 4.79 Å². The van der Waals surface area contributed by atoms with E-state index >= 15 is 0 Å². The van der Waals surface area contributed by atoms with Gasteiger partial charge in [0.25, 0.3) is 0 Å². The lowest BCUT2D eigenvalue weighted by molar-refractivity contribution is 0.247. The maximum atomic E-state index is 11.4. The third kappa shape index (κ3) is 4.79. The van der Waals surface area contributed by atoms with Crippen molar-refractivity contribution in [3.63, 3.8) is 0 Å². The highest BCUT2D eigenvalue weighted by molar-refractivity contribution is 5.88. The molecular weight excluding hydrogens is 202 g/mol. The maximum Gasteiger partial charge on any atom is 0.333 e. The predicted molar refractivity (Wildman–Crippen MR) is 66.2 cm³/mol. The fourth-order valence-electron chi connectivity index (χ4n) is 1.13. The van der Waals surface area contributed by atoms with Gasteiger partial charge in [-0.05, 0) is 25.0 Å². The van der Waals surface area contributed by atoms with Gasteiger partial charge in [0.1, 0.15) is 0 Å². The molecule has 0 heterocycles. The Morgan fingerprint density at radius 3 is 2.44 bits per heavy atom. The smallest absolute Gasteiger partial charge is 0.307 e. The first-order valence-corrected chi connectivity index (χ1v) is 5.44. The van der Waals surface area contributed by atoms with E-state index < -0.39 is 0 Å². The van der Waals surface area contributed by atoms with Crippen molar-refractivity contribution in [3.05, 3.63) is 29.8 Å². The second kappa shape index (κ2) is 6.12. The molecule has 0 aliphatic heterocycles. The van der Waals surface area contributed by atoms with Crippen molar-refractivity contribution in [3.8, 4) is 0 Å². The summed E-state index contributed by atoms with van der Waals surface area (Å²) >= 11 is 0. The SMILES string of the molecule is Cc1ccc(NC(=O)NNCC(C)C)cc1. The Morgan fingerprint density at radius 1 is 1.25 bits per heavy atom. The predicted octanol–water partition coefficient (Wildman–Crippen LogP) is 2.28. The van der Waals surface area contributed by atoms with Crippen molar-refractivity contribution in [2.75, 3.05) is 11.9 Å². The molecule has 3 N–H and O–H groups in total. The lowest BCUT2D eigenvalue weighted by atomic mass is 10.2. The zero-order valence-electron chi connectivity index (χ0n) is 10.0. The number of nitrogens with one attached hydrogen (secondary N) is 3. The Kier molecular flexibility index (Phi) is 4.79. The van der Waals surface area contributed by atoms with Crippen LogP contribution in [0, 0.1) is 12.8 Å². The first kappa shape index (κ1) is 12.5. The number of hydrazine groups is 1. The van der Waals surface area contributed by atoms with Gasteiger partial charge in [0.05, 0.1) is 0 Å². The van der Waals surface area contributed by atoms with Crippen LogP contribution >= 0.6 is 0 Å². The van der Waals surface area contributed by atoms with Crippen LogP contribution < -0.4 is 16.2 Å². The first-order valence-electron chi connectivity index (χ1n) is 5.44. The van der Waals surface area contributed by atoms with Crippen molar-refractivity contribution in [2.45, 2.75) is 20.8 Å². The summed E-state index contributed by atoms with van der Waals surface area (Å²) in [5, 5.41) is 2.73. The van der Waals surface area contributed by atoms with Gasteiger partial charge in [-0.1, -0.05) is 31.5 Å². The average Bonchev–Trinajstić information content (AvgIpc) is 2.21. The van der Waals surface area contributed by atoms with Crippen LogP contribution in [0.25, 0.3) is 0 Å². The second-order valence-electron chi connectivity index (χ2n) is 4.22. The van der Waals surface area contributed by atoms with Gasteiger partial charge in [0, 0.05) is 12.2 Å². The molecule has 88 valence electrons. The molecule has 0 atom stereocenters. The minimum Gasteiger partial charge on any atom is -0.307 e. The summed E-state index contributed by atoms with van der Waals surface area (Å²) in [6.07, 6.45) is 0. The molecule has 0 unspecified atom stereocenters. The third-order valence-electron chi connectivity index (χ3n) is 2.02. The van der Waals surface area contributed by atoms with Crippen LogP contribution in [-0.2, 0) is 0 Å². The van der Waals surface area contributed by atoms with Crippen LogP contribution in [0.3, 0.4) is 0 Å². The van der Waals surface area contributed by atoms with Crippen LogP contribution in [-0.4, -0.2) is 12.6 Å². The molecular formula is C12H19N3O. The van der Waals surface area contributed by atoms with Crippen molar-refractivity contribution < 1.29 is 4.79 Å². The lowest BCUT2D eigenvalue weighted by Crippen LogP contribution is -2.41. The van der Waals surface area contributed by atoms with E-state index in [0.717, 1.165) is 12.2 Å². The Hall–Kier alpha value is -1.55. The summed E-state index contributed by atoms with van der Waals surface area (Å²) in [6, 6.07) is 7.41. The van der Waals surface area contributed by atoms with Crippen LogP contribution in [0.15, 0.2) is 24.3 Å². The molecule has 1 rings (SSSR count). The summed E-state index contributed by atoms with van der Waals surface area (Å²) in [4.78, 5) is 11.4. The molecule has 2 amide bonds. The van der Waals surface area contributed by atoms with Gasteiger partial charge in [0.2, 0.25) is 0 Å². The van der Waals surface area contributed by atoms with Gasteiger partial charge in [-0.25, -0.2) is 10.2 Å². The highest BCUT2D eigenvalue weighted by Crippen LogP contribution is 2.07. The second-order valence-corrected chi connectivity index (χ2v) is 4.22. The first-order chi connectivity index (χ1) is 7.58. The molecule has 0 fully saturated rings. The van der Waals surface area contributed by atoms with E-state index in [2.05, 4.69) is 30.0 Å². The maximum absolute atomic E-state index is 11.4. The molecule has 1 aromatic carbocycles. The molecule has 0 saturated carbocycles. The van der Waals surface area contributed by atoms with E-state index in [1.54, 1.807) is 0 Å². The summed E-state index contributed by atoms with van der Waals surface area (Å²) in [7, 11) is 0. The van der Waals surface area contributed by atoms with Crippen molar-refractivity contribution in [1.29, 1.82) is 0 Å². The molecule has 0 aliphatic rings. The molecule has 4 nitrogen and oxygen atoms in total. The normalized spacial score (nSPS) is 10.2. The summed E-state index contributed by atoms with van der Waals surface area (Å²) in [5.41, 5.74) is 7.39. The van der Waals surface area contributed by atoms with Gasteiger partial charge in [-0.3, -0.25) is 5.43 Å². The zero-order valence-corrected chi connectivity index (χ0v) is 10.0. The molecule has 1 aromatic rings. The van der Waals surface area contributed by atoms with Crippen molar-refractivity contribution in [1.82, 2.24) is 10.9 Å². The Balaban J connectivity index is 2.31. The van der Waals surface area contributed by atoms with E-state index in [4.69, 9.17) is 0 Å². The van der Waals surface area contributed by atoms with Crippen LogP contribution in [0.4, 0.5) is 10.5 Å². The molecule has 0 saturated heterocycles. The Labute approximate surface area is 96.4 Å². The number of urea groups is 1. The molecule has 0 aromatic heterocycles. The van der Waals surface area contributed by atoms with E-state index in [1.165, 1.54) is 5.56 Å². The van der Waals surface area contributed by atoms with Crippen LogP contribution in [0.2, 0.25) is 0 Å². The summed E-state index contributed by atoms with van der Waals surface area (Å²) < 4.78 is 0. The number of carbonyl (C=O) groups is 1. The van der Waals surface area contributed by atoms with Crippen molar-refractivity contribution >= 4 is 11.7 Å². The van der Waals surface area contributed by atoms with Gasteiger partial charge in [-0.15, -0.1) is 0 Å². The van der Waals surface area contributed by atoms with Gasteiger partial charge in [-0.2, -0.15) is 0 Å². The topological polar surface area (TPSA) is 53.2 Å². The Morgan fingerprint density at radius 2 is 1.88 bits per heavy atom. The zero-order chi connectivity index (χ0) is 12.0. The molecule has 0 bridgehead atoms. The summed E-state index contributed by atoms with van der Waals surface area (Å²) in [6.45, 7) is 6.91. The number of hydrogen-bond acceptors (Lipinski definition) is 2. The highest BCUT2D eigenvalue weighted by atomic mass is 16.2. The van der Waals surface area contributed by atoms with E-state index in [-0.39, 0.29) is 6.03 Å². The van der Waals surface area contributed by atoms with Crippen LogP contribution in [0.1, 0.15) is 19.4 Å². The Bertz CT molecular complexity index is 333. The largest absolute Gasteiger partial charge is 0.333 e. The molecule has 16 heavy (non-hydrogen) atoms. The monoisotopic (exact) mass is 221 g/mol. The van der Waals surface area contributed by atoms with Crippen molar-refractivity contribution in [2.24, 2.45) is 5.92 Å². The van der Waals surface area contributed by atoms with Gasteiger partial charge < -0.3 is 5.32 Å². The number of benzene rings is 1. The minimum absolute atomic E-state index is 0.246.